The van der Waals surface area contributed by atoms with Gasteiger partial charge in [-0.05, 0) is 164 Å². The number of benzene rings is 19. The van der Waals surface area contributed by atoms with E-state index >= 15 is 0 Å². The van der Waals surface area contributed by atoms with Gasteiger partial charge in [0.25, 0.3) is 0 Å². The zero-order valence-electron chi connectivity index (χ0n) is 67.0. The first-order chi connectivity index (χ1) is 61.6. The van der Waals surface area contributed by atoms with E-state index in [9.17, 15) is 0 Å². The van der Waals surface area contributed by atoms with E-state index < -0.39 is 0 Å². The summed E-state index contributed by atoms with van der Waals surface area (Å²) in [6.07, 6.45) is 9.38. The second kappa shape index (κ2) is 28.5. The molecule has 0 aliphatic carbocycles. The van der Waals surface area contributed by atoms with Gasteiger partial charge in [0, 0.05) is 156 Å². The summed E-state index contributed by atoms with van der Waals surface area (Å²) in [7, 11) is 0. The molecule has 0 amide bonds. The molecule has 0 aliphatic heterocycles. The molecule has 0 radical (unpaired) electrons. The average Bonchev–Trinajstić information content (AvgIpc) is 1.52. The van der Waals surface area contributed by atoms with Crippen LogP contribution in [0.2, 0.25) is 0 Å². The third-order valence-electron chi connectivity index (χ3n) is 25.4. The van der Waals surface area contributed by atoms with E-state index in [4.69, 9.17) is 24.9 Å². The average molecular weight is 1580 g/mol. The van der Waals surface area contributed by atoms with Crippen LogP contribution in [0.1, 0.15) is 0 Å². The fourth-order valence-corrected chi connectivity index (χ4v) is 20.4. The number of fused-ring (bicyclic) bond motifs is 39. The summed E-state index contributed by atoms with van der Waals surface area (Å²) in [6.45, 7) is 0. The fraction of sp³-hybridized carbons (Fsp3) is 0. The van der Waals surface area contributed by atoms with Crippen LogP contribution in [0.5, 0.6) is 0 Å². The highest BCUT2D eigenvalue weighted by atomic mass is 15.0. The van der Waals surface area contributed by atoms with Crippen molar-refractivity contribution in [3.8, 4) is 22.7 Å². The zero-order valence-corrected chi connectivity index (χ0v) is 67.0. The number of pyridine rings is 5. The molecule has 9 nitrogen and oxygen atoms in total. The lowest BCUT2D eigenvalue weighted by Crippen LogP contribution is -1.95. The molecule has 0 unspecified atom stereocenters. The summed E-state index contributed by atoms with van der Waals surface area (Å²) in [6, 6.07) is 143. The SMILES string of the molecule is c1ccc(-n2c3ccccc3c3c4c(ccc32)c2ccccc2c2ncccc24)cc1.c1ccc(-n2c3ccccc3c3cc4c(cc32)c2ccccc2c2ncccc42)cc1.c1ccc(-n2c3ccccc3c3ccc4c5cccnc5c5ccccc5c4c32)cc1.c1ccc(-n2c3ccccc3c3ccc4c5cccnc5c5ncccc5c4c32)cc1. The minimum atomic E-state index is 0.947. The van der Waals surface area contributed by atoms with Crippen LogP contribution in [0.3, 0.4) is 0 Å². The van der Waals surface area contributed by atoms with E-state index in [0.29, 0.717) is 0 Å². The van der Waals surface area contributed by atoms with Crippen LogP contribution in [-0.4, -0.2) is 43.2 Å². The summed E-state index contributed by atoms with van der Waals surface area (Å²) in [5.41, 5.74) is 19.6. The number of para-hydroxylation sites is 8. The van der Waals surface area contributed by atoms with Crippen molar-refractivity contribution in [1.82, 2.24) is 43.2 Å². The monoisotopic (exact) mass is 1580 g/mol. The van der Waals surface area contributed by atoms with Crippen molar-refractivity contribution in [3.05, 3.63) is 431 Å². The number of nitrogens with zero attached hydrogens (tertiary/aromatic N) is 9. The zero-order chi connectivity index (χ0) is 81.5. The summed E-state index contributed by atoms with van der Waals surface area (Å²) >= 11 is 0. The lowest BCUT2D eigenvalue weighted by atomic mass is 9.94. The van der Waals surface area contributed by atoms with Gasteiger partial charge in [0.15, 0.2) is 0 Å². The van der Waals surface area contributed by atoms with Crippen molar-refractivity contribution in [3.63, 3.8) is 0 Å². The van der Waals surface area contributed by atoms with Gasteiger partial charge in [0.1, 0.15) is 0 Å². The molecule has 0 saturated carbocycles. The molecule has 9 heteroatoms. The Morgan fingerprint density at radius 3 is 0.879 bits per heavy atom. The molecular weight excluding hydrogens is 1510 g/mol. The quantitative estimate of drug-likeness (QED) is 0.164. The van der Waals surface area contributed by atoms with Crippen LogP contribution in [0, 0.1) is 0 Å². The second-order valence-electron chi connectivity index (χ2n) is 32.0. The molecule has 0 saturated heterocycles. The van der Waals surface area contributed by atoms with Gasteiger partial charge in [-0.1, -0.05) is 279 Å². The minimum Gasteiger partial charge on any atom is -0.309 e. The van der Waals surface area contributed by atoms with Crippen LogP contribution in [-0.2, 0) is 0 Å². The van der Waals surface area contributed by atoms with Gasteiger partial charge in [0.05, 0.1) is 71.7 Å². The molecule has 19 aromatic carbocycles. The third kappa shape index (κ3) is 10.7. The van der Waals surface area contributed by atoms with Gasteiger partial charge in [-0.15, -0.1) is 0 Å². The molecule has 0 N–H and O–H groups in total. The highest BCUT2D eigenvalue weighted by molar-refractivity contribution is 6.37. The highest BCUT2D eigenvalue weighted by Crippen LogP contribution is 2.48. The van der Waals surface area contributed by atoms with Crippen molar-refractivity contribution in [2.45, 2.75) is 0 Å². The van der Waals surface area contributed by atoms with E-state index in [1.165, 1.54) is 196 Å². The number of aromatic nitrogens is 9. The predicted molar refractivity (Wildman–Crippen MR) is 522 cm³/mol. The standard InChI is InChI=1S/3C29H18N2.C28H17N3/c1-2-9-19(10-3-1)31-26-15-7-6-11-20(26)25-17-16-22-24-14-8-18-30-28(24)23-13-5-4-12-21(23)27(22)29(25)31;1-2-9-19(10-3-1)31-27-15-7-6-12-21(27)26-17-24-23-14-8-16-30-29(23)22-13-5-4-11-20(22)25(24)18-28(26)31;1-2-9-19(10-3-1)31-25-15-7-6-13-23(25)28-26(31)17-16-21-20-11-4-5-12-22(20)29-24(27(21)28)14-8-18-30-29;1-2-8-18(9-3-1)31-24-13-5-4-10-19(24)22-15-14-20-21-11-6-16-29-26(21)27-23(12-7-17-30-27)25(20)28(22)31/h3*1-18H;1-17H. The van der Waals surface area contributed by atoms with Gasteiger partial charge < -0.3 is 18.3 Å². The number of hydrogen-bond acceptors (Lipinski definition) is 5. The van der Waals surface area contributed by atoms with Crippen molar-refractivity contribution in [1.29, 1.82) is 0 Å². The van der Waals surface area contributed by atoms with Crippen molar-refractivity contribution < 1.29 is 0 Å². The lowest BCUT2D eigenvalue weighted by molar-refractivity contribution is 1.18. The Kier molecular flexibility index (Phi) is 16.1. The van der Waals surface area contributed by atoms with E-state index in [-0.39, 0.29) is 0 Å². The maximum Gasteiger partial charge on any atom is 0.0971 e. The first-order valence-corrected chi connectivity index (χ1v) is 42.2. The van der Waals surface area contributed by atoms with Crippen LogP contribution < -0.4 is 0 Å². The van der Waals surface area contributed by atoms with Gasteiger partial charge in [0.2, 0.25) is 0 Å². The molecule has 576 valence electrons. The molecule has 28 rings (SSSR count). The summed E-state index contributed by atoms with van der Waals surface area (Å²) in [5, 5.41) is 33.4. The normalized spacial score (nSPS) is 11.9. The van der Waals surface area contributed by atoms with Gasteiger partial charge in [-0.3, -0.25) is 24.9 Å². The van der Waals surface area contributed by atoms with Crippen LogP contribution in [0.25, 0.3) is 240 Å². The van der Waals surface area contributed by atoms with Crippen molar-refractivity contribution >= 4 is 217 Å². The Balaban J connectivity index is 0.0000000906. The Morgan fingerprint density at radius 1 is 0.129 bits per heavy atom. The lowest BCUT2D eigenvalue weighted by Gasteiger charge is -2.14. The number of hydrogen-bond donors (Lipinski definition) is 0. The predicted octanol–water partition coefficient (Wildman–Crippen LogP) is 29.9. The Morgan fingerprint density at radius 2 is 0.395 bits per heavy atom. The highest BCUT2D eigenvalue weighted by Gasteiger charge is 2.25. The molecule has 124 heavy (non-hydrogen) atoms. The molecule has 9 heterocycles. The topological polar surface area (TPSA) is 84.2 Å². The Bertz CT molecular complexity index is 8700. The van der Waals surface area contributed by atoms with Gasteiger partial charge in [-0.2, -0.15) is 0 Å². The van der Waals surface area contributed by atoms with Crippen LogP contribution >= 0.6 is 0 Å². The number of rotatable bonds is 4. The van der Waals surface area contributed by atoms with Gasteiger partial charge in [-0.25, -0.2) is 0 Å². The largest absolute Gasteiger partial charge is 0.309 e. The molecule has 9 aromatic heterocycles. The first-order valence-electron chi connectivity index (χ1n) is 42.2. The van der Waals surface area contributed by atoms with E-state index in [1.807, 2.05) is 61.3 Å². The molecule has 0 fully saturated rings. The molecule has 0 spiro atoms. The minimum absolute atomic E-state index is 0.947. The smallest absolute Gasteiger partial charge is 0.0971 e. The summed E-state index contributed by atoms with van der Waals surface area (Å²) in [4.78, 5) is 23.8. The Labute approximate surface area is 709 Å². The van der Waals surface area contributed by atoms with Crippen molar-refractivity contribution in [2.75, 3.05) is 0 Å². The maximum absolute atomic E-state index is 4.80. The van der Waals surface area contributed by atoms with E-state index in [1.54, 1.807) is 0 Å². The first kappa shape index (κ1) is 70.3. The maximum atomic E-state index is 4.80. The van der Waals surface area contributed by atoms with Crippen molar-refractivity contribution in [2.24, 2.45) is 0 Å². The summed E-state index contributed by atoms with van der Waals surface area (Å²) in [5.74, 6) is 0. The van der Waals surface area contributed by atoms with Gasteiger partial charge >= 0.3 is 0 Å². The van der Waals surface area contributed by atoms with E-state index in [0.717, 1.165) is 44.0 Å². The Hall–Kier alpha value is -16.8. The third-order valence-corrected chi connectivity index (χ3v) is 25.4. The molecule has 0 atom stereocenters. The van der Waals surface area contributed by atoms with Crippen LogP contribution in [0.15, 0.2) is 431 Å². The summed E-state index contributed by atoms with van der Waals surface area (Å²) < 4.78 is 9.57. The molecule has 0 aliphatic rings. The second-order valence-corrected chi connectivity index (χ2v) is 32.0. The fourth-order valence-electron chi connectivity index (χ4n) is 20.4. The molecular formula is C115H71N9. The van der Waals surface area contributed by atoms with Crippen LogP contribution in [0.4, 0.5) is 0 Å². The molecule has 0 bridgehead atoms. The molecule has 28 aromatic rings. The van der Waals surface area contributed by atoms with E-state index in [2.05, 4.69) is 388 Å².